The molecule has 0 unspecified atom stereocenters. The molecule has 8 nitrogen and oxygen atoms in total. The Morgan fingerprint density at radius 1 is 1.07 bits per heavy atom. The first-order valence-electron chi connectivity index (χ1n) is 8.68. The van der Waals surface area contributed by atoms with Crippen LogP contribution in [0.15, 0.2) is 65.0 Å². The van der Waals surface area contributed by atoms with Gasteiger partial charge in [-0.15, -0.1) is 15.3 Å². The number of nitrogens with one attached hydrogen (secondary N) is 1. The van der Waals surface area contributed by atoms with E-state index in [0.29, 0.717) is 10.8 Å². The zero-order valence-corrected chi connectivity index (χ0v) is 16.1. The molecule has 5 rings (SSSR count). The van der Waals surface area contributed by atoms with Crippen LogP contribution >= 0.6 is 11.8 Å². The summed E-state index contributed by atoms with van der Waals surface area (Å²) in [6.45, 7) is 0. The highest BCUT2D eigenvalue weighted by atomic mass is 32.2. The van der Waals surface area contributed by atoms with Gasteiger partial charge in [-0.05, 0) is 42.1 Å². The van der Waals surface area contributed by atoms with Crippen LogP contribution in [0.3, 0.4) is 0 Å². The van der Waals surface area contributed by atoms with Crippen molar-refractivity contribution in [1.82, 2.24) is 34.6 Å². The first-order valence-corrected chi connectivity index (χ1v) is 9.49. The lowest BCUT2D eigenvalue weighted by molar-refractivity contribution is 0.768. The largest absolute Gasteiger partial charge is 0.372 e. The second kappa shape index (κ2) is 6.61. The number of nitrogens with zero attached hydrogens (tertiary/aromatic N) is 7. The van der Waals surface area contributed by atoms with Gasteiger partial charge in [-0.1, -0.05) is 6.07 Å². The van der Waals surface area contributed by atoms with Gasteiger partial charge in [0.2, 0.25) is 5.16 Å². The fraction of sp³-hybridized carbons (Fsp3) is 0.105. The van der Waals surface area contributed by atoms with Crippen molar-refractivity contribution >= 4 is 34.1 Å². The monoisotopic (exact) mass is 388 g/mol. The van der Waals surface area contributed by atoms with Gasteiger partial charge in [0.05, 0.1) is 11.7 Å². The number of anilines is 1. The molecule has 138 valence electrons. The van der Waals surface area contributed by atoms with Crippen LogP contribution in [-0.4, -0.2) is 41.6 Å². The van der Waals surface area contributed by atoms with Crippen molar-refractivity contribution in [3.63, 3.8) is 0 Å². The smallest absolute Gasteiger partial charge is 0.217 e. The lowest BCUT2D eigenvalue weighted by Crippen LogP contribution is -1.99. The Hall–Kier alpha value is -3.46. The predicted octanol–water partition coefficient (Wildman–Crippen LogP) is 3.27. The summed E-state index contributed by atoms with van der Waals surface area (Å²) in [6, 6.07) is 11.9. The van der Waals surface area contributed by atoms with Crippen LogP contribution in [0, 0.1) is 0 Å². The fourth-order valence-electron chi connectivity index (χ4n) is 3.13. The quantitative estimate of drug-likeness (QED) is 0.506. The molecule has 0 atom stereocenters. The number of hydrogen-bond donors (Lipinski definition) is 1. The van der Waals surface area contributed by atoms with Crippen molar-refractivity contribution in [3.8, 4) is 11.1 Å². The molecule has 28 heavy (non-hydrogen) atoms. The molecule has 9 heteroatoms. The Labute approximate surface area is 164 Å². The molecule has 4 aromatic heterocycles. The van der Waals surface area contributed by atoms with E-state index in [4.69, 9.17) is 0 Å². The van der Waals surface area contributed by atoms with Gasteiger partial charge in [-0.25, -0.2) is 0 Å². The predicted molar refractivity (Wildman–Crippen MR) is 108 cm³/mol. The molecule has 0 bridgehead atoms. The van der Waals surface area contributed by atoms with Crippen molar-refractivity contribution in [2.75, 3.05) is 12.4 Å². The van der Waals surface area contributed by atoms with E-state index in [1.165, 1.54) is 11.8 Å². The highest BCUT2D eigenvalue weighted by Gasteiger charge is 2.16. The summed E-state index contributed by atoms with van der Waals surface area (Å²) in [4.78, 5) is 5.54. The number of aryl methyl sites for hydroxylation is 1. The molecule has 1 aromatic carbocycles. The summed E-state index contributed by atoms with van der Waals surface area (Å²) < 4.78 is 3.54. The highest BCUT2D eigenvalue weighted by molar-refractivity contribution is 7.99. The second-order valence-corrected chi connectivity index (χ2v) is 7.24. The average molecular weight is 388 g/mol. The number of aromatic nitrogens is 7. The lowest BCUT2D eigenvalue weighted by Gasteiger charge is -2.10. The molecular formula is C19H16N8S. The van der Waals surface area contributed by atoms with E-state index in [-0.39, 0.29) is 0 Å². The van der Waals surface area contributed by atoms with E-state index in [0.717, 1.165) is 32.7 Å². The topological polar surface area (TPSA) is 85.8 Å². The van der Waals surface area contributed by atoms with Crippen molar-refractivity contribution in [2.24, 2.45) is 7.05 Å². The number of rotatable bonds is 4. The number of fused-ring (bicyclic) bond motifs is 2. The number of pyridine rings is 1. The zero-order chi connectivity index (χ0) is 19.1. The maximum Gasteiger partial charge on any atom is 0.217 e. The minimum Gasteiger partial charge on any atom is -0.372 e. The van der Waals surface area contributed by atoms with Crippen LogP contribution in [0.1, 0.15) is 0 Å². The molecule has 0 aliphatic rings. The minimum atomic E-state index is 0.695. The van der Waals surface area contributed by atoms with Crippen LogP contribution in [0.5, 0.6) is 0 Å². The molecule has 0 radical (unpaired) electrons. The molecule has 0 spiro atoms. The van der Waals surface area contributed by atoms with Gasteiger partial charge in [0.1, 0.15) is 5.82 Å². The van der Waals surface area contributed by atoms with Gasteiger partial charge in [0, 0.05) is 47.9 Å². The summed E-state index contributed by atoms with van der Waals surface area (Å²) >= 11 is 1.52. The molecular weight excluding hydrogens is 372 g/mol. The van der Waals surface area contributed by atoms with E-state index < -0.39 is 0 Å². The van der Waals surface area contributed by atoms with Crippen LogP contribution in [0.4, 0.5) is 5.82 Å². The SMILES string of the molecule is CNc1ccc2nnc(Sc3ccc4ncccc4c3-c3cnn(C)c3)n2n1. The molecule has 0 amide bonds. The molecule has 5 aromatic rings. The number of hydrogen-bond acceptors (Lipinski definition) is 7. The minimum absolute atomic E-state index is 0.695. The molecule has 0 saturated heterocycles. The van der Waals surface area contributed by atoms with Crippen molar-refractivity contribution < 1.29 is 0 Å². The first-order chi connectivity index (χ1) is 13.7. The van der Waals surface area contributed by atoms with Gasteiger partial charge >= 0.3 is 0 Å². The van der Waals surface area contributed by atoms with Gasteiger partial charge in [-0.2, -0.15) is 9.61 Å². The summed E-state index contributed by atoms with van der Waals surface area (Å²) in [6.07, 6.45) is 5.67. The molecule has 0 aliphatic carbocycles. The average Bonchev–Trinajstić information content (AvgIpc) is 3.33. The Morgan fingerprint density at radius 2 is 2.00 bits per heavy atom. The highest BCUT2D eigenvalue weighted by Crippen LogP contribution is 2.39. The maximum atomic E-state index is 4.55. The van der Waals surface area contributed by atoms with Gasteiger partial charge in [0.15, 0.2) is 5.65 Å². The van der Waals surface area contributed by atoms with E-state index in [9.17, 15) is 0 Å². The zero-order valence-electron chi connectivity index (χ0n) is 15.2. The van der Waals surface area contributed by atoms with E-state index in [1.807, 2.05) is 50.8 Å². The van der Waals surface area contributed by atoms with Crippen molar-refractivity contribution in [3.05, 3.63) is 55.0 Å². The first kappa shape index (κ1) is 16.7. The summed E-state index contributed by atoms with van der Waals surface area (Å²) in [5, 5.41) is 22.3. The Morgan fingerprint density at radius 3 is 2.82 bits per heavy atom. The third kappa shape index (κ3) is 2.76. The van der Waals surface area contributed by atoms with Gasteiger partial charge in [0.25, 0.3) is 0 Å². The van der Waals surface area contributed by atoms with Crippen LogP contribution in [-0.2, 0) is 7.05 Å². The maximum absolute atomic E-state index is 4.55. The molecule has 0 fully saturated rings. The Bertz CT molecular complexity index is 1310. The normalized spacial score (nSPS) is 11.4. The van der Waals surface area contributed by atoms with Gasteiger partial charge in [-0.3, -0.25) is 9.67 Å². The number of benzene rings is 1. The van der Waals surface area contributed by atoms with E-state index >= 15 is 0 Å². The van der Waals surface area contributed by atoms with E-state index in [1.54, 1.807) is 15.4 Å². The Balaban J connectivity index is 1.69. The fourth-order valence-corrected chi connectivity index (χ4v) is 4.10. The molecule has 1 N–H and O–H groups in total. The third-order valence-corrected chi connectivity index (χ3v) is 5.43. The lowest BCUT2D eigenvalue weighted by atomic mass is 10.0. The molecule has 4 heterocycles. The van der Waals surface area contributed by atoms with Crippen molar-refractivity contribution in [2.45, 2.75) is 10.1 Å². The summed E-state index contributed by atoms with van der Waals surface area (Å²) in [5.74, 6) is 0.754. The summed E-state index contributed by atoms with van der Waals surface area (Å²) in [7, 11) is 3.75. The second-order valence-electron chi connectivity index (χ2n) is 6.23. The van der Waals surface area contributed by atoms with Crippen molar-refractivity contribution in [1.29, 1.82) is 0 Å². The van der Waals surface area contributed by atoms with Crippen LogP contribution < -0.4 is 5.32 Å². The van der Waals surface area contributed by atoms with E-state index in [2.05, 4.69) is 42.8 Å². The van der Waals surface area contributed by atoms with Crippen LogP contribution in [0.2, 0.25) is 0 Å². The van der Waals surface area contributed by atoms with Gasteiger partial charge < -0.3 is 5.32 Å². The summed E-state index contributed by atoms with van der Waals surface area (Å²) in [5.41, 5.74) is 3.74. The Kier molecular flexibility index (Phi) is 3.94. The van der Waals surface area contributed by atoms with Crippen LogP contribution in [0.25, 0.3) is 27.7 Å². The standard InChI is InChI=1S/C19H16N8S/c1-20-16-7-8-17-23-24-19(27(17)25-16)28-15-6-5-14-13(4-3-9-21-14)18(15)12-10-22-26(2)11-12/h3-11H,1-2H3,(H,20,25). The molecule has 0 aliphatic heterocycles. The third-order valence-electron chi connectivity index (χ3n) is 4.43. The molecule has 0 saturated carbocycles.